The average Bonchev–Trinajstić information content (AvgIpc) is 2.59. The summed E-state index contributed by atoms with van der Waals surface area (Å²) in [6.45, 7) is 2.09. The lowest BCUT2D eigenvalue weighted by Crippen LogP contribution is -2.03. The fourth-order valence-electron chi connectivity index (χ4n) is 1.91. The van der Waals surface area contributed by atoms with E-state index in [0.29, 0.717) is 11.3 Å². The molecule has 0 unspecified atom stereocenters. The molecule has 0 fully saturated rings. The van der Waals surface area contributed by atoms with E-state index in [2.05, 4.69) is 6.92 Å². The zero-order valence-corrected chi connectivity index (χ0v) is 12.7. The monoisotopic (exact) mass is 292 g/mol. The minimum Gasteiger partial charge on any atom is -0.423 e. The van der Waals surface area contributed by atoms with Gasteiger partial charge in [0.15, 0.2) is 0 Å². The van der Waals surface area contributed by atoms with Crippen LogP contribution in [0.15, 0.2) is 78.6 Å². The lowest BCUT2D eigenvalue weighted by molar-refractivity contribution is 0.0636. The molecule has 0 atom stereocenters. The molecule has 2 aromatic rings. The third-order valence-electron chi connectivity index (χ3n) is 3.09. The van der Waals surface area contributed by atoms with E-state index in [0.717, 1.165) is 18.4 Å². The van der Waals surface area contributed by atoms with Gasteiger partial charge in [-0.2, -0.15) is 0 Å². The first kappa shape index (κ1) is 15.8. The molecule has 0 radical (unpaired) electrons. The molecule has 2 rings (SSSR count). The Kier molecular flexibility index (Phi) is 6.18. The first-order chi connectivity index (χ1) is 10.8. The average molecular weight is 292 g/mol. The van der Waals surface area contributed by atoms with Gasteiger partial charge in [0.05, 0.1) is 5.56 Å². The number of hydrogen-bond acceptors (Lipinski definition) is 2. The minimum absolute atomic E-state index is 0.333. The molecule has 0 heterocycles. The molecule has 0 aromatic heterocycles. The van der Waals surface area contributed by atoms with Crippen molar-refractivity contribution in [3.05, 3.63) is 89.7 Å². The van der Waals surface area contributed by atoms with Crippen molar-refractivity contribution in [3.63, 3.8) is 0 Å². The van der Waals surface area contributed by atoms with E-state index in [-0.39, 0.29) is 5.97 Å². The van der Waals surface area contributed by atoms with Gasteiger partial charge in [-0.15, -0.1) is 0 Å². The Morgan fingerprint density at radius 1 is 1.00 bits per heavy atom. The zero-order chi connectivity index (χ0) is 15.6. The summed E-state index contributed by atoms with van der Waals surface area (Å²) in [6.07, 6.45) is 7.61. The molecule has 112 valence electrons. The maximum atomic E-state index is 12.1. The van der Waals surface area contributed by atoms with E-state index in [1.807, 2.05) is 66.8 Å². The second-order valence-corrected chi connectivity index (χ2v) is 4.89. The Hall–Kier alpha value is -2.61. The molecule has 2 aromatic carbocycles. The van der Waals surface area contributed by atoms with Crippen molar-refractivity contribution in [1.29, 1.82) is 0 Å². The highest BCUT2D eigenvalue weighted by molar-refractivity contribution is 5.90. The molecular formula is C20H20O2. The quantitative estimate of drug-likeness (QED) is 0.413. The van der Waals surface area contributed by atoms with E-state index in [9.17, 15) is 4.79 Å². The van der Waals surface area contributed by atoms with Crippen LogP contribution in [0.2, 0.25) is 0 Å². The van der Waals surface area contributed by atoms with Crippen LogP contribution in [-0.2, 0) is 4.74 Å². The number of carbonyl (C=O) groups excluding carboxylic acids is 1. The fraction of sp³-hybridized carbons (Fsp3) is 0.150. The number of hydrogen-bond donors (Lipinski definition) is 0. The summed E-state index contributed by atoms with van der Waals surface area (Å²) in [7, 11) is 0. The van der Waals surface area contributed by atoms with Gasteiger partial charge in [-0.1, -0.05) is 68.0 Å². The Bertz CT molecular complexity index is 640. The van der Waals surface area contributed by atoms with Crippen LogP contribution in [0, 0.1) is 0 Å². The largest absolute Gasteiger partial charge is 0.423 e. The molecule has 0 aliphatic carbocycles. The number of esters is 1. The first-order valence-corrected chi connectivity index (χ1v) is 7.50. The second kappa shape index (κ2) is 8.63. The molecule has 0 amide bonds. The van der Waals surface area contributed by atoms with Crippen LogP contribution in [0.1, 0.15) is 35.7 Å². The van der Waals surface area contributed by atoms with Crippen LogP contribution in [0.4, 0.5) is 0 Å². The van der Waals surface area contributed by atoms with E-state index in [1.165, 1.54) is 0 Å². The van der Waals surface area contributed by atoms with Crippen molar-refractivity contribution >= 4 is 12.0 Å². The smallest absolute Gasteiger partial charge is 0.343 e. The highest BCUT2D eigenvalue weighted by Gasteiger charge is 2.07. The van der Waals surface area contributed by atoms with Gasteiger partial charge in [0.25, 0.3) is 0 Å². The number of rotatable bonds is 6. The number of carbonyl (C=O) groups is 1. The van der Waals surface area contributed by atoms with Gasteiger partial charge in [0, 0.05) is 0 Å². The maximum Gasteiger partial charge on any atom is 0.343 e. The van der Waals surface area contributed by atoms with Gasteiger partial charge in [-0.25, -0.2) is 4.79 Å². The van der Waals surface area contributed by atoms with Crippen molar-refractivity contribution in [2.75, 3.05) is 0 Å². The van der Waals surface area contributed by atoms with Gasteiger partial charge < -0.3 is 4.74 Å². The summed E-state index contributed by atoms with van der Waals surface area (Å²) in [5.41, 5.74) is 1.62. The minimum atomic E-state index is -0.333. The molecule has 0 aliphatic rings. The van der Waals surface area contributed by atoms with Crippen LogP contribution in [-0.4, -0.2) is 5.97 Å². The molecule has 0 N–H and O–H groups in total. The standard InChI is InChI=1S/C20H20O2/c1-2-3-14-19(16-15-17-10-6-4-7-11-17)22-20(21)18-12-8-5-9-13-18/h4-16H,2-3H2,1H3/b16-15+,19-14-. The Balaban J connectivity index is 2.10. The first-order valence-electron chi connectivity index (χ1n) is 7.50. The molecule has 2 heteroatoms. The summed E-state index contributed by atoms with van der Waals surface area (Å²) in [4.78, 5) is 12.1. The van der Waals surface area contributed by atoms with Crippen molar-refractivity contribution in [1.82, 2.24) is 0 Å². The van der Waals surface area contributed by atoms with Crippen LogP contribution >= 0.6 is 0 Å². The van der Waals surface area contributed by atoms with Crippen molar-refractivity contribution in [2.24, 2.45) is 0 Å². The molecule has 0 spiro atoms. The molecule has 2 nitrogen and oxygen atoms in total. The molecule has 0 saturated carbocycles. The van der Waals surface area contributed by atoms with Crippen LogP contribution < -0.4 is 0 Å². The van der Waals surface area contributed by atoms with Crippen molar-refractivity contribution in [3.8, 4) is 0 Å². The number of ether oxygens (including phenoxy) is 1. The summed E-state index contributed by atoms with van der Waals surface area (Å²) in [6, 6.07) is 19.0. The van der Waals surface area contributed by atoms with Crippen LogP contribution in [0.25, 0.3) is 6.08 Å². The molecule has 0 aliphatic heterocycles. The SMILES string of the molecule is CCC/C=C(/C=C/c1ccccc1)OC(=O)c1ccccc1. The van der Waals surface area contributed by atoms with Gasteiger partial charge in [-0.3, -0.25) is 0 Å². The summed E-state index contributed by atoms with van der Waals surface area (Å²) in [5, 5.41) is 0. The van der Waals surface area contributed by atoms with Gasteiger partial charge in [-0.05, 0) is 36.3 Å². The Morgan fingerprint density at radius 3 is 2.27 bits per heavy atom. The van der Waals surface area contributed by atoms with Gasteiger partial charge in [0.1, 0.15) is 5.76 Å². The fourth-order valence-corrected chi connectivity index (χ4v) is 1.91. The van der Waals surface area contributed by atoms with Crippen molar-refractivity contribution in [2.45, 2.75) is 19.8 Å². The molecule has 0 saturated heterocycles. The van der Waals surface area contributed by atoms with E-state index in [4.69, 9.17) is 4.74 Å². The molecular weight excluding hydrogens is 272 g/mol. The third kappa shape index (κ3) is 5.06. The van der Waals surface area contributed by atoms with E-state index < -0.39 is 0 Å². The van der Waals surface area contributed by atoms with Gasteiger partial charge in [0.2, 0.25) is 0 Å². The number of allylic oxidation sites excluding steroid dienone is 2. The highest BCUT2D eigenvalue weighted by Crippen LogP contribution is 2.11. The predicted molar refractivity (Wildman–Crippen MR) is 90.3 cm³/mol. The topological polar surface area (TPSA) is 26.3 Å². The van der Waals surface area contributed by atoms with E-state index in [1.54, 1.807) is 12.1 Å². The molecule has 22 heavy (non-hydrogen) atoms. The number of unbranched alkanes of at least 4 members (excludes halogenated alkanes) is 1. The number of benzene rings is 2. The summed E-state index contributed by atoms with van der Waals surface area (Å²) in [5.74, 6) is 0.250. The maximum absolute atomic E-state index is 12.1. The highest BCUT2D eigenvalue weighted by atomic mass is 16.5. The zero-order valence-electron chi connectivity index (χ0n) is 12.7. The second-order valence-electron chi connectivity index (χ2n) is 4.89. The third-order valence-corrected chi connectivity index (χ3v) is 3.09. The van der Waals surface area contributed by atoms with Gasteiger partial charge >= 0.3 is 5.97 Å². The Labute approximate surface area is 131 Å². The molecule has 0 bridgehead atoms. The van der Waals surface area contributed by atoms with Crippen LogP contribution in [0.5, 0.6) is 0 Å². The normalized spacial score (nSPS) is 11.6. The summed E-state index contributed by atoms with van der Waals surface area (Å²) >= 11 is 0. The lowest BCUT2D eigenvalue weighted by Gasteiger charge is -2.05. The van der Waals surface area contributed by atoms with Crippen molar-refractivity contribution < 1.29 is 9.53 Å². The van der Waals surface area contributed by atoms with E-state index >= 15 is 0 Å². The van der Waals surface area contributed by atoms with Crippen LogP contribution in [0.3, 0.4) is 0 Å². The predicted octanol–water partition coefficient (Wildman–Crippen LogP) is 5.24. The Morgan fingerprint density at radius 2 is 1.64 bits per heavy atom. The summed E-state index contributed by atoms with van der Waals surface area (Å²) < 4.78 is 5.50. The lowest BCUT2D eigenvalue weighted by atomic mass is 10.2.